The number of phenolic OH excluding ortho intramolecular Hbond substituents is 1. The third-order valence-corrected chi connectivity index (χ3v) is 3.23. The van der Waals surface area contributed by atoms with Crippen molar-refractivity contribution in [2.75, 3.05) is 7.11 Å². The minimum Gasteiger partial charge on any atom is -0.508 e. The van der Waals surface area contributed by atoms with Crippen molar-refractivity contribution >= 4 is 12.2 Å². The molecule has 23 heavy (non-hydrogen) atoms. The van der Waals surface area contributed by atoms with Gasteiger partial charge in [-0.25, -0.2) is 0 Å². The summed E-state index contributed by atoms with van der Waals surface area (Å²) >= 11 is 0. The van der Waals surface area contributed by atoms with Gasteiger partial charge in [0.1, 0.15) is 11.5 Å². The molecule has 0 saturated heterocycles. The first-order valence-electron chi connectivity index (χ1n) is 7.05. The highest BCUT2D eigenvalue weighted by Gasteiger charge is 2.07. The number of methoxy groups -OCH3 is 1. The predicted molar refractivity (Wildman–Crippen MR) is 93.1 cm³/mol. The molecule has 0 radical (unpaired) electrons. The fraction of sp³-hybridized carbons (Fsp3) is 0.158. The van der Waals surface area contributed by atoms with Crippen molar-refractivity contribution in [3.63, 3.8) is 0 Å². The van der Waals surface area contributed by atoms with Crippen LogP contribution in [0.4, 0.5) is 0 Å². The maximum absolute atomic E-state index is 9.10. The van der Waals surface area contributed by atoms with Crippen LogP contribution in [-0.2, 0) is 13.2 Å². The Morgan fingerprint density at radius 1 is 0.957 bits per heavy atom. The number of aliphatic hydroxyl groups is 2. The fourth-order valence-electron chi connectivity index (χ4n) is 2.00. The number of hydrogen-bond acceptors (Lipinski definition) is 4. The quantitative estimate of drug-likeness (QED) is 0.791. The van der Waals surface area contributed by atoms with Gasteiger partial charge in [0.15, 0.2) is 0 Å². The second-order valence-electron chi connectivity index (χ2n) is 4.68. The van der Waals surface area contributed by atoms with Crippen molar-refractivity contribution in [2.45, 2.75) is 13.2 Å². The van der Waals surface area contributed by atoms with Crippen molar-refractivity contribution in [3.05, 3.63) is 71.8 Å². The lowest BCUT2D eigenvalue weighted by Crippen LogP contribution is -1.97. The first-order chi connectivity index (χ1) is 11.1. The van der Waals surface area contributed by atoms with Gasteiger partial charge in [0.2, 0.25) is 0 Å². The van der Waals surface area contributed by atoms with Gasteiger partial charge in [-0.3, -0.25) is 0 Å². The summed E-state index contributed by atoms with van der Waals surface area (Å²) in [6.45, 7) is 7.04. The molecule has 2 rings (SSSR count). The maximum atomic E-state index is 9.10. The van der Waals surface area contributed by atoms with Gasteiger partial charge in [-0.05, 0) is 46.5 Å². The van der Waals surface area contributed by atoms with Crippen LogP contribution in [0.15, 0.2) is 49.6 Å². The van der Waals surface area contributed by atoms with Crippen LogP contribution in [0.5, 0.6) is 11.5 Å². The van der Waals surface area contributed by atoms with Gasteiger partial charge in [0, 0.05) is 0 Å². The minimum atomic E-state index is -0.0917. The molecule has 0 amide bonds. The molecule has 0 aliphatic heterocycles. The second kappa shape index (κ2) is 9.46. The highest BCUT2D eigenvalue weighted by molar-refractivity contribution is 5.58. The van der Waals surface area contributed by atoms with E-state index in [4.69, 9.17) is 20.1 Å². The highest BCUT2D eigenvalue weighted by atomic mass is 16.5. The third kappa shape index (κ3) is 5.29. The molecule has 0 aromatic heterocycles. The Balaban J connectivity index is 0.000000253. The molecular formula is C19H22O4. The second-order valence-corrected chi connectivity index (χ2v) is 4.68. The summed E-state index contributed by atoms with van der Waals surface area (Å²) in [6.07, 6.45) is 3.36. The molecule has 0 aliphatic carbocycles. The first-order valence-corrected chi connectivity index (χ1v) is 7.05. The van der Waals surface area contributed by atoms with Gasteiger partial charge in [-0.2, -0.15) is 0 Å². The number of phenols is 1. The fourth-order valence-corrected chi connectivity index (χ4v) is 2.00. The SMILES string of the molecule is C=Cc1c(CO)cc(OC)cc1CO.C=Cc1ccc(O)cc1. The van der Waals surface area contributed by atoms with Crippen LogP contribution in [0, 0.1) is 0 Å². The van der Waals surface area contributed by atoms with Gasteiger partial charge < -0.3 is 20.1 Å². The Labute approximate surface area is 136 Å². The van der Waals surface area contributed by atoms with Gasteiger partial charge >= 0.3 is 0 Å². The Morgan fingerprint density at radius 2 is 1.48 bits per heavy atom. The zero-order valence-electron chi connectivity index (χ0n) is 13.2. The summed E-state index contributed by atoms with van der Waals surface area (Å²) in [5.74, 6) is 0.921. The number of hydrogen-bond donors (Lipinski definition) is 3. The van der Waals surface area contributed by atoms with E-state index in [0.717, 1.165) is 11.1 Å². The number of aliphatic hydroxyl groups excluding tert-OH is 2. The van der Waals surface area contributed by atoms with Crippen molar-refractivity contribution in [1.29, 1.82) is 0 Å². The average molecular weight is 314 g/mol. The summed E-state index contributed by atoms with van der Waals surface area (Å²) < 4.78 is 5.04. The molecule has 4 heteroatoms. The molecule has 122 valence electrons. The Morgan fingerprint density at radius 3 is 1.83 bits per heavy atom. The summed E-state index contributed by atoms with van der Waals surface area (Å²) in [6, 6.07) is 10.4. The van der Waals surface area contributed by atoms with Crippen LogP contribution in [-0.4, -0.2) is 22.4 Å². The predicted octanol–water partition coefficient (Wildman–Crippen LogP) is 3.36. The molecule has 0 saturated carbocycles. The lowest BCUT2D eigenvalue weighted by atomic mass is 10.0. The Hall–Kier alpha value is -2.56. The number of benzene rings is 2. The number of ether oxygens (including phenoxy) is 1. The molecular weight excluding hydrogens is 292 g/mol. The maximum Gasteiger partial charge on any atom is 0.119 e. The number of aromatic hydroxyl groups is 1. The zero-order valence-corrected chi connectivity index (χ0v) is 13.2. The lowest BCUT2D eigenvalue weighted by Gasteiger charge is -2.11. The first kappa shape index (κ1) is 18.5. The van der Waals surface area contributed by atoms with E-state index in [1.807, 2.05) is 12.1 Å². The topological polar surface area (TPSA) is 69.9 Å². The highest BCUT2D eigenvalue weighted by Crippen LogP contribution is 2.23. The van der Waals surface area contributed by atoms with Gasteiger partial charge in [0.25, 0.3) is 0 Å². The van der Waals surface area contributed by atoms with Gasteiger partial charge in [-0.1, -0.05) is 37.4 Å². The molecule has 0 bridgehead atoms. The van der Waals surface area contributed by atoms with E-state index in [-0.39, 0.29) is 13.2 Å². The molecule has 2 aromatic rings. The van der Waals surface area contributed by atoms with E-state index in [1.54, 1.807) is 43.5 Å². The van der Waals surface area contributed by atoms with Crippen LogP contribution < -0.4 is 4.74 Å². The third-order valence-electron chi connectivity index (χ3n) is 3.23. The molecule has 0 unspecified atom stereocenters. The summed E-state index contributed by atoms with van der Waals surface area (Å²) in [7, 11) is 1.55. The Bertz CT molecular complexity index is 620. The molecule has 0 heterocycles. The molecule has 0 spiro atoms. The summed E-state index contributed by atoms with van der Waals surface area (Å²) in [5, 5.41) is 27.0. The zero-order chi connectivity index (χ0) is 17.2. The monoisotopic (exact) mass is 314 g/mol. The van der Waals surface area contributed by atoms with Gasteiger partial charge in [0.05, 0.1) is 20.3 Å². The largest absolute Gasteiger partial charge is 0.508 e. The van der Waals surface area contributed by atoms with Crippen LogP contribution in [0.1, 0.15) is 22.3 Å². The standard InChI is InChI=1S/C11H14O3.C8H8O/c1-3-11-8(6-12)4-10(14-2)5-9(11)7-13;1-2-7-3-5-8(9)6-4-7/h3-5,12-13H,1,6-7H2,2H3;2-6,9H,1H2. The lowest BCUT2D eigenvalue weighted by molar-refractivity contribution is 0.273. The smallest absolute Gasteiger partial charge is 0.119 e. The molecule has 4 nitrogen and oxygen atoms in total. The van der Waals surface area contributed by atoms with Crippen molar-refractivity contribution < 1.29 is 20.1 Å². The van der Waals surface area contributed by atoms with E-state index in [2.05, 4.69) is 13.2 Å². The van der Waals surface area contributed by atoms with Crippen LogP contribution in [0.25, 0.3) is 12.2 Å². The van der Waals surface area contributed by atoms with Crippen LogP contribution in [0.2, 0.25) is 0 Å². The summed E-state index contributed by atoms with van der Waals surface area (Å²) in [5.41, 5.74) is 3.22. The van der Waals surface area contributed by atoms with Crippen molar-refractivity contribution in [2.24, 2.45) is 0 Å². The molecule has 0 atom stereocenters. The molecule has 3 N–H and O–H groups in total. The van der Waals surface area contributed by atoms with E-state index in [9.17, 15) is 0 Å². The van der Waals surface area contributed by atoms with E-state index < -0.39 is 0 Å². The minimum absolute atomic E-state index is 0.0917. The summed E-state index contributed by atoms with van der Waals surface area (Å²) in [4.78, 5) is 0. The van der Waals surface area contributed by atoms with E-state index in [1.165, 1.54) is 0 Å². The normalized spacial score (nSPS) is 9.52. The molecule has 0 aliphatic rings. The van der Waals surface area contributed by atoms with E-state index >= 15 is 0 Å². The Kier molecular flexibility index (Phi) is 7.60. The van der Waals surface area contributed by atoms with Gasteiger partial charge in [-0.15, -0.1) is 0 Å². The van der Waals surface area contributed by atoms with Crippen LogP contribution in [0.3, 0.4) is 0 Å². The van der Waals surface area contributed by atoms with Crippen molar-refractivity contribution in [1.82, 2.24) is 0 Å². The van der Waals surface area contributed by atoms with E-state index in [0.29, 0.717) is 22.6 Å². The number of rotatable bonds is 5. The van der Waals surface area contributed by atoms with Crippen LogP contribution >= 0.6 is 0 Å². The average Bonchev–Trinajstić information content (AvgIpc) is 2.61. The van der Waals surface area contributed by atoms with Crippen molar-refractivity contribution in [3.8, 4) is 11.5 Å². The molecule has 2 aromatic carbocycles. The molecule has 0 fully saturated rings.